The lowest BCUT2D eigenvalue weighted by Gasteiger charge is -2.14. The van der Waals surface area contributed by atoms with E-state index in [9.17, 15) is 9.59 Å². The zero-order valence-electron chi connectivity index (χ0n) is 16.2. The van der Waals surface area contributed by atoms with Gasteiger partial charge in [-0.1, -0.05) is 59.8 Å². The molecule has 3 aromatic rings. The van der Waals surface area contributed by atoms with Crippen molar-refractivity contribution in [1.82, 2.24) is 14.8 Å². The van der Waals surface area contributed by atoms with E-state index in [0.717, 1.165) is 28.8 Å². The van der Waals surface area contributed by atoms with Gasteiger partial charge in [0.05, 0.1) is 5.25 Å². The fourth-order valence-electron chi connectivity index (χ4n) is 2.88. The van der Waals surface area contributed by atoms with Gasteiger partial charge in [0.15, 0.2) is 5.16 Å². The van der Waals surface area contributed by atoms with E-state index < -0.39 is 5.25 Å². The molecule has 2 aromatic carbocycles. The molecule has 0 bridgehead atoms. The molecule has 0 unspecified atom stereocenters. The fraction of sp³-hybridized carbons (Fsp3) is 0.286. The molecule has 0 aliphatic heterocycles. The average molecular weight is 397 g/mol. The van der Waals surface area contributed by atoms with Crippen LogP contribution in [-0.2, 0) is 17.8 Å². The van der Waals surface area contributed by atoms with E-state index in [4.69, 9.17) is 0 Å². The van der Waals surface area contributed by atoms with Crippen LogP contribution in [0.2, 0.25) is 0 Å². The Bertz CT molecular complexity index is 1010. The Morgan fingerprint density at radius 3 is 2.68 bits per heavy atom. The smallest absolute Gasteiger partial charge is 0.325 e. The predicted molar refractivity (Wildman–Crippen MR) is 113 cm³/mol. The van der Waals surface area contributed by atoms with Crippen LogP contribution in [0.15, 0.2) is 58.5 Å². The molecule has 1 atom stereocenters. The number of thioether (sulfide) groups is 1. The quantitative estimate of drug-likeness (QED) is 0.599. The molecule has 1 aromatic heterocycles. The summed E-state index contributed by atoms with van der Waals surface area (Å²) in [5.41, 5.74) is 3.85. The molecule has 0 fully saturated rings. The Morgan fingerprint density at radius 2 is 1.96 bits per heavy atom. The van der Waals surface area contributed by atoms with Gasteiger partial charge in [-0.25, -0.2) is 9.89 Å². The van der Waals surface area contributed by atoms with Gasteiger partial charge >= 0.3 is 5.69 Å². The lowest BCUT2D eigenvalue weighted by molar-refractivity contribution is -0.115. The maximum Gasteiger partial charge on any atom is 0.343 e. The minimum absolute atomic E-state index is 0.123. The first-order valence-electron chi connectivity index (χ1n) is 9.18. The van der Waals surface area contributed by atoms with E-state index in [2.05, 4.69) is 15.5 Å². The molecule has 1 amide bonds. The summed E-state index contributed by atoms with van der Waals surface area (Å²) in [6.45, 7) is 6.30. The van der Waals surface area contributed by atoms with E-state index in [1.165, 1.54) is 11.8 Å². The van der Waals surface area contributed by atoms with Crippen molar-refractivity contribution < 1.29 is 4.79 Å². The zero-order valence-corrected chi connectivity index (χ0v) is 17.0. The van der Waals surface area contributed by atoms with Crippen molar-refractivity contribution >= 4 is 23.4 Å². The number of amides is 1. The maximum atomic E-state index is 12.6. The Hall–Kier alpha value is -2.80. The van der Waals surface area contributed by atoms with Crippen LogP contribution >= 0.6 is 11.8 Å². The van der Waals surface area contributed by atoms with Crippen LogP contribution in [-0.4, -0.2) is 25.9 Å². The molecule has 0 spiro atoms. The van der Waals surface area contributed by atoms with Crippen molar-refractivity contribution in [1.29, 1.82) is 0 Å². The summed E-state index contributed by atoms with van der Waals surface area (Å²) in [6, 6.07) is 15.9. The number of aryl methyl sites for hydroxylation is 3. The molecular weight excluding hydrogens is 372 g/mol. The number of carbonyl (C=O) groups is 1. The molecule has 0 saturated heterocycles. The molecule has 6 nitrogen and oxygen atoms in total. The minimum Gasteiger partial charge on any atom is -0.325 e. The van der Waals surface area contributed by atoms with Crippen molar-refractivity contribution in [2.24, 2.45) is 0 Å². The van der Waals surface area contributed by atoms with Crippen LogP contribution in [0.1, 0.15) is 23.6 Å². The number of carbonyl (C=O) groups excluding carboxylic acids is 1. The third-order valence-electron chi connectivity index (χ3n) is 4.48. The highest BCUT2D eigenvalue weighted by Crippen LogP contribution is 2.23. The summed E-state index contributed by atoms with van der Waals surface area (Å²) in [6.07, 6.45) is 0.719. The highest BCUT2D eigenvalue weighted by Gasteiger charge is 2.19. The molecule has 0 aliphatic rings. The monoisotopic (exact) mass is 396 g/mol. The summed E-state index contributed by atoms with van der Waals surface area (Å²) >= 11 is 1.27. The van der Waals surface area contributed by atoms with Crippen molar-refractivity contribution in [3.05, 3.63) is 75.7 Å². The average Bonchev–Trinajstić information content (AvgIpc) is 3.02. The van der Waals surface area contributed by atoms with Gasteiger partial charge < -0.3 is 5.32 Å². The number of H-pyrrole nitrogens is 1. The molecule has 146 valence electrons. The Kier molecular flexibility index (Phi) is 6.36. The summed E-state index contributed by atoms with van der Waals surface area (Å²) in [4.78, 5) is 24.7. The lowest BCUT2D eigenvalue weighted by atomic mass is 10.1. The van der Waals surface area contributed by atoms with E-state index in [1.54, 1.807) is 4.57 Å². The molecule has 0 saturated carbocycles. The molecule has 28 heavy (non-hydrogen) atoms. The number of nitrogens with zero attached hydrogens (tertiary/aromatic N) is 2. The molecule has 0 aliphatic carbocycles. The van der Waals surface area contributed by atoms with Gasteiger partial charge in [0.2, 0.25) is 5.91 Å². The Morgan fingerprint density at radius 1 is 1.21 bits per heavy atom. The van der Waals surface area contributed by atoms with Crippen molar-refractivity contribution in [3.8, 4) is 0 Å². The predicted octanol–water partition coefficient (Wildman–Crippen LogP) is 3.55. The minimum atomic E-state index is -0.397. The third kappa shape index (κ3) is 4.92. The van der Waals surface area contributed by atoms with Gasteiger partial charge in [-0.2, -0.15) is 0 Å². The van der Waals surface area contributed by atoms with Crippen LogP contribution in [0.4, 0.5) is 5.69 Å². The van der Waals surface area contributed by atoms with Gasteiger partial charge in [-0.15, -0.1) is 5.10 Å². The molecule has 1 heterocycles. The fourth-order valence-corrected chi connectivity index (χ4v) is 3.76. The van der Waals surface area contributed by atoms with Crippen molar-refractivity contribution in [3.63, 3.8) is 0 Å². The highest BCUT2D eigenvalue weighted by atomic mass is 32.2. The molecule has 7 heteroatoms. The van der Waals surface area contributed by atoms with Crippen molar-refractivity contribution in [2.45, 2.75) is 44.1 Å². The Labute approximate surface area is 168 Å². The number of hydrogen-bond acceptors (Lipinski definition) is 4. The summed E-state index contributed by atoms with van der Waals surface area (Å²) in [7, 11) is 0. The second-order valence-corrected chi connectivity index (χ2v) is 8.07. The van der Waals surface area contributed by atoms with Gasteiger partial charge in [0.1, 0.15) is 0 Å². The number of nitrogens with one attached hydrogen (secondary N) is 2. The normalized spacial score (nSPS) is 12.0. The maximum absolute atomic E-state index is 12.6. The number of aromatic amines is 1. The molecule has 0 radical (unpaired) electrons. The Balaban J connectivity index is 1.66. The van der Waals surface area contributed by atoms with Crippen LogP contribution < -0.4 is 11.0 Å². The van der Waals surface area contributed by atoms with Gasteiger partial charge in [0.25, 0.3) is 0 Å². The molecular formula is C21H24N4O2S. The standard InChI is InChI=1S/C21H24N4O2S/c1-14-9-10-18(15(2)13-14)22-19(26)16(3)28-21-24-23-20(27)25(21)12-11-17-7-5-4-6-8-17/h4-10,13,16H,11-12H2,1-3H3,(H,22,26)(H,23,27)/t16-/m0/s1. The molecule has 3 rings (SSSR count). The summed E-state index contributed by atoms with van der Waals surface area (Å²) in [5, 5.41) is 9.66. The van der Waals surface area contributed by atoms with Gasteiger partial charge in [-0.05, 0) is 44.4 Å². The third-order valence-corrected chi connectivity index (χ3v) is 5.57. The van der Waals surface area contributed by atoms with E-state index >= 15 is 0 Å². The highest BCUT2D eigenvalue weighted by molar-refractivity contribution is 8.00. The first-order valence-corrected chi connectivity index (χ1v) is 10.1. The number of anilines is 1. The zero-order chi connectivity index (χ0) is 20.1. The number of benzene rings is 2. The second-order valence-electron chi connectivity index (χ2n) is 6.77. The lowest BCUT2D eigenvalue weighted by Crippen LogP contribution is -2.24. The van der Waals surface area contributed by atoms with E-state index in [-0.39, 0.29) is 11.6 Å². The topological polar surface area (TPSA) is 79.8 Å². The van der Waals surface area contributed by atoms with Crippen LogP contribution in [0.3, 0.4) is 0 Å². The van der Waals surface area contributed by atoms with Gasteiger partial charge in [0, 0.05) is 12.2 Å². The number of rotatable bonds is 7. The van der Waals surface area contributed by atoms with Crippen LogP contribution in [0.25, 0.3) is 0 Å². The first-order chi connectivity index (χ1) is 13.4. The van der Waals surface area contributed by atoms with Crippen LogP contribution in [0, 0.1) is 13.8 Å². The number of aromatic nitrogens is 3. The van der Waals surface area contributed by atoms with E-state index in [1.807, 2.05) is 69.3 Å². The van der Waals surface area contributed by atoms with Gasteiger partial charge in [-0.3, -0.25) is 9.36 Å². The second kappa shape index (κ2) is 8.93. The molecule has 2 N–H and O–H groups in total. The number of hydrogen-bond donors (Lipinski definition) is 2. The SMILES string of the molecule is Cc1ccc(NC(=O)[C@H](C)Sc2n[nH]c(=O)n2CCc2ccccc2)c(C)c1. The summed E-state index contributed by atoms with van der Waals surface area (Å²) in [5.74, 6) is -0.123. The van der Waals surface area contributed by atoms with E-state index in [0.29, 0.717) is 11.7 Å². The first kappa shape index (κ1) is 19.9. The van der Waals surface area contributed by atoms with Crippen LogP contribution in [0.5, 0.6) is 0 Å². The summed E-state index contributed by atoms with van der Waals surface area (Å²) < 4.78 is 1.58. The largest absolute Gasteiger partial charge is 0.343 e. The van der Waals surface area contributed by atoms with Crippen molar-refractivity contribution in [2.75, 3.05) is 5.32 Å².